The quantitative estimate of drug-likeness (QED) is 0.530. The lowest BCUT2D eigenvalue weighted by Crippen LogP contribution is -2.23. The van der Waals surface area contributed by atoms with Crippen molar-refractivity contribution in [3.05, 3.63) is 23.8 Å². The molecule has 0 bridgehead atoms. The maximum Gasteiger partial charge on any atom is 0.119 e. The van der Waals surface area contributed by atoms with Gasteiger partial charge in [-0.15, -0.1) is 0 Å². The highest BCUT2D eigenvalue weighted by molar-refractivity contribution is 5.37. The molecule has 0 fully saturated rings. The SMILES string of the molecule is CC(NCCOCCO)c1cc(O)cc(O)c1. The summed E-state index contributed by atoms with van der Waals surface area (Å²) in [5.41, 5.74) is 0.810. The Morgan fingerprint density at radius 2 is 1.82 bits per heavy atom. The Balaban J connectivity index is 2.38. The van der Waals surface area contributed by atoms with Gasteiger partial charge in [-0.2, -0.15) is 0 Å². The Labute approximate surface area is 101 Å². The summed E-state index contributed by atoms with van der Waals surface area (Å²) in [6.07, 6.45) is 0. The predicted molar refractivity (Wildman–Crippen MR) is 64.1 cm³/mol. The van der Waals surface area contributed by atoms with E-state index in [1.54, 1.807) is 12.1 Å². The molecule has 96 valence electrons. The first-order chi connectivity index (χ1) is 8.13. The van der Waals surface area contributed by atoms with Crippen LogP contribution in [0.15, 0.2) is 18.2 Å². The van der Waals surface area contributed by atoms with Crippen molar-refractivity contribution in [2.75, 3.05) is 26.4 Å². The van der Waals surface area contributed by atoms with Gasteiger partial charge in [0.25, 0.3) is 0 Å². The topological polar surface area (TPSA) is 82.0 Å². The molecule has 4 N–H and O–H groups in total. The van der Waals surface area contributed by atoms with Gasteiger partial charge in [0.15, 0.2) is 0 Å². The van der Waals surface area contributed by atoms with E-state index in [9.17, 15) is 10.2 Å². The molecule has 0 heterocycles. The minimum atomic E-state index is 0.00530. The highest BCUT2D eigenvalue weighted by atomic mass is 16.5. The molecule has 0 aliphatic carbocycles. The van der Waals surface area contributed by atoms with Crippen molar-refractivity contribution in [1.29, 1.82) is 0 Å². The Morgan fingerprint density at radius 1 is 1.18 bits per heavy atom. The molecular formula is C12H19NO4. The molecule has 5 heteroatoms. The number of aliphatic hydroxyl groups excluding tert-OH is 1. The molecule has 1 rings (SSSR count). The minimum Gasteiger partial charge on any atom is -0.508 e. The number of hydrogen-bond acceptors (Lipinski definition) is 5. The van der Waals surface area contributed by atoms with Gasteiger partial charge in [-0.3, -0.25) is 0 Å². The summed E-state index contributed by atoms with van der Waals surface area (Å²) < 4.78 is 5.11. The molecule has 5 nitrogen and oxygen atoms in total. The lowest BCUT2D eigenvalue weighted by molar-refractivity contribution is 0.0928. The summed E-state index contributed by atoms with van der Waals surface area (Å²) >= 11 is 0. The molecule has 0 saturated carbocycles. The van der Waals surface area contributed by atoms with Crippen molar-refractivity contribution >= 4 is 0 Å². The first kappa shape index (κ1) is 13.8. The van der Waals surface area contributed by atoms with Crippen LogP contribution in [0, 0.1) is 0 Å². The molecule has 0 aliphatic heterocycles. The first-order valence-electron chi connectivity index (χ1n) is 5.58. The van der Waals surface area contributed by atoms with Crippen molar-refractivity contribution in [3.63, 3.8) is 0 Å². The van der Waals surface area contributed by atoms with Crippen molar-refractivity contribution in [2.24, 2.45) is 0 Å². The Kier molecular flexibility index (Phi) is 5.76. The maximum absolute atomic E-state index is 9.34. The average molecular weight is 241 g/mol. The van der Waals surface area contributed by atoms with E-state index in [4.69, 9.17) is 9.84 Å². The summed E-state index contributed by atoms with van der Waals surface area (Å²) in [5.74, 6) is 0.0929. The molecule has 1 aromatic rings. The van der Waals surface area contributed by atoms with Crippen LogP contribution in [0.3, 0.4) is 0 Å². The molecule has 0 radical (unpaired) electrons. The number of rotatable bonds is 7. The standard InChI is InChI=1S/C12H19NO4/c1-9(13-2-4-17-5-3-14)10-6-11(15)8-12(16)7-10/h6-9,13-16H,2-5H2,1H3. The predicted octanol–water partition coefficient (Wildman–Crippen LogP) is 0.757. The van der Waals surface area contributed by atoms with Crippen LogP contribution < -0.4 is 5.32 Å². The van der Waals surface area contributed by atoms with Gasteiger partial charge < -0.3 is 25.4 Å². The first-order valence-corrected chi connectivity index (χ1v) is 5.58. The van der Waals surface area contributed by atoms with E-state index in [1.807, 2.05) is 6.92 Å². The molecule has 0 aliphatic rings. The zero-order valence-corrected chi connectivity index (χ0v) is 9.89. The number of phenols is 2. The minimum absolute atomic E-state index is 0.00530. The average Bonchev–Trinajstić information content (AvgIpc) is 2.27. The van der Waals surface area contributed by atoms with Crippen molar-refractivity contribution in [2.45, 2.75) is 13.0 Å². The van der Waals surface area contributed by atoms with Gasteiger partial charge in [0.2, 0.25) is 0 Å². The smallest absolute Gasteiger partial charge is 0.119 e. The number of nitrogens with one attached hydrogen (secondary N) is 1. The second kappa shape index (κ2) is 7.11. The van der Waals surface area contributed by atoms with Crippen molar-refractivity contribution in [1.82, 2.24) is 5.32 Å². The monoisotopic (exact) mass is 241 g/mol. The van der Waals surface area contributed by atoms with Crippen LogP contribution in [0.1, 0.15) is 18.5 Å². The summed E-state index contributed by atoms with van der Waals surface area (Å²) in [6, 6.07) is 4.50. The van der Waals surface area contributed by atoms with Crippen LogP contribution in [-0.2, 0) is 4.74 Å². The van der Waals surface area contributed by atoms with E-state index in [-0.39, 0.29) is 24.1 Å². The number of aliphatic hydroxyl groups is 1. The third kappa shape index (κ3) is 5.04. The zero-order valence-electron chi connectivity index (χ0n) is 9.89. The van der Waals surface area contributed by atoms with Gasteiger partial charge >= 0.3 is 0 Å². The Morgan fingerprint density at radius 3 is 2.41 bits per heavy atom. The zero-order chi connectivity index (χ0) is 12.7. The van der Waals surface area contributed by atoms with Gasteiger partial charge in [0, 0.05) is 18.7 Å². The van der Waals surface area contributed by atoms with Gasteiger partial charge in [0.05, 0.1) is 19.8 Å². The van der Waals surface area contributed by atoms with Crippen LogP contribution in [0.5, 0.6) is 11.5 Å². The highest BCUT2D eigenvalue weighted by Crippen LogP contribution is 2.24. The van der Waals surface area contributed by atoms with E-state index in [0.717, 1.165) is 5.56 Å². The van der Waals surface area contributed by atoms with Crippen LogP contribution in [-0.4, -0.2) is 41.7 Å². The second-order valence-corrected chi connectivity index (χ2v) is 3.79. The summed E-state index contributed by atoms with van der Waals surface area (Å²) in [6.45, 7) is 3.44. The lowest BCUT2D eigenvalue weighted by atomic mass is 10.1. The second-order valence-electron chi connectivity index (χ2n) is 3.79. The van der Waals surface area contributed by atoms with E-state index >= 15 is 0 Å². The third-order valence-corrected chi connectivity index (χ3v) is 2.36. The molecule has 1 unspecified atom stereocenters. The number of hydrogen-bond donors (Lipinski definition) is 4. The Bertz CT molecular complexity index is 323. The summed E-state index contributed by atoms with van der Waals surface area (Å²) in [5, 5.41) is 30.4. The van der Waals surface area contributed by atoms with Crippen LogP contribution >= 0.6 is 0 Å². The molecule has 0 saturated heterocycles. The van der Waals surface area contributed by atoms with Crippen LogP contribution in [0.25, 0.3) is 0 Å². The van der Waals surface area contributed by atoms with Gasteiger partial charge in [-0.1, -0.05) is 0 Å². The van der Waals surface area contributed by atoms with Gasteiger partial charge in [-0.05, 0) is 24.6 Å². The molecule has 0 aromatic heterocycles. The van der Waals surface area contributed by atoms with Gasteiger partial charge in [-0.25, -0.2) is 0 Å². The highest BCUT2D eigenvalue weighted by Gasteiger charge is 2.07. The number of ether oxygens (including phenoxy) is 1. The summed E-state index contributed by atoms with van der Waals surface area (Å²) in [7, 11) is 0. The maximum atomic E-state index is 9.34. The number of benzene rings is 1. The molecule has 1 atom stereocenters. The number of phenolic OH excluding ortho intramolecular Hbond substituents is 2. The van der Waals surface area contributed by atoms with E-state index in [1.165, 1.54) is 6.07 Å². The van der Waals surface area contributed by atoms with E-state index < -0.39 is 0 Å². The summed E-state index contributed by atoms with van der Waals surface area (Å²) in [4.78, 5) is 0. The molecular weight excluding hydrogens is 222 g/mol. The van der Waals surface area contributed by atoms with Crippen LogP contribution in [0.4, 0.5) is 0 Å². The van der Waals surface area contributed by atoms with Gasteiger partial charge in [0.1, 0.15) is 11.5 Å². The lowest BCUT2D eigenvalue weighted by Gasteiger charge is -2.14. The Hall–Kier alpha value is -1.30. The molecule has 0 amide bonds. The molecule has 17 heavy (non-hydrogen) atoms. The fourth-order valence-electron chi connectivity index (χ4n) is 1.50. The fraction of sp³-hybridized carbons (Fsp3) is 0.500. The molecule has 0 spiro atoms. The fourth-order valence-corrected chi connectivity index (χ4v) is 1.50. The van der Waals surface area contributed by atoms with E-state index in [0.29, 0.717) is 19.8 Å². The normalized spacial score (nSPS) is 12.6. The van der Waals surface area contributed by atoms with E-state index in [2.05, 4.69) is 5.32 Å². The molecule has 1 aromatic carbocycles. The van der Waals surface area contributed by atoms with Crippen LogP contribution in [0.2, 0.25) is 0 Å². The van der Waals surface area contributed by atoms with Crippen molar-refractivity contribution < 1.29 is 20.1 Å². The third-order valence-electron chi connectivity index (χ3n) is 2.36. The number of aromatic hydroxyl groups is 2. The largest absolute Gasteiger partial charge is 0.508 e. The van der Waals surface area contributed by atoms with Crippen molar-refractivity contribution in [3.8, 4) is 11.5 Å².